The van der Waals surface area contributed by atoms with Gasteiger partial charge in [-0.1, -0.05) is 36.4 Å². The molecule has 0 spiro atoms. The molecule has 0 unspecified atom stereocenters. The molecule has 1 amide bonds. The Morgan fingerprint density at radius 1 is 1.10 bits per heavy atom. The summed E-state index contributed by atoms with van der Waals surface area (Å²) in [6.07, 6.45) is 2.43. The molecule has 3 aliphatic rings. The number of piperidine rings is 3. The predicted molar refractivity (Wildman–Crippen MR) is 116 cm³/mol. The Hall–Kier alpha value is -3.19. The van der Waals surface area contributed by atoms with Crippen molar-refractivity contribution < 1.29 is 14.3 Å². The van der Waals surface area contributed by atoms with Crippen LogP contribution in [0.2, 0.25) is 0 Å². The topological polar surface area (TPSA) is 87.3 Å². The standard InChI is InChI=1S/C24H26N4O3/c29-22(31-15-16-4-2-1-3-5-16)13-17-6-7-20-19(12-17)23(27-26-20)24(30)25-21-14-28-10-8-18(21)9-11-28/h1-7,12,18,21H,8-11,13-15H2,(H,25,30)(H,26,27)/t21-/m1/s1. The van der Waals surface area contributed by atoms with Gasteiger partial charge in [-0.25, -0.2) is 0 Å². The molecule has 0 aliphatic carbocycles. The molecule has 6 rings (SSSR count). The van der Waals surface area contributed by atoms with Crippen molar-refractivity contribution in [3.8, 4) is 0 Å². The number of nitrogens with one attached hydrogen (secondary N) is 2. The first-order valence-corrected chi connectivity index (χ1v) is 10.9. The van der Waals surface area contributed by atoms with Gasteiger partial charge in [0.2, 0.25) is 0 Å². The normalized spacial score (nSPS) is 22.4. The number of H-pyrrole nitrogens is 1. The molecular weight excluding hydrogens is 392 g/mol. The fraction of sp³-hybridized carbons (Fsp3) is 0.375. The number of aromatic amines is 1. The van der Waals surface area contributed by atoms with Crippen LogP contribution < -0.4 is 5.32 Å². The molecule has 7 nitrogen and oxygen atoms in total. The van der Waals surface area contributed by atoms with Gasteiger partial charge in [-0.05, 0) is 55.1 Å². The molecule has 1 aromatic heterocycles. The van der Waals surface area contributed by atoms with Gasteiger partial charge in [0.25, 0.3) is 5.91 Å². The van der Waals surface area contributed by atoms with Crippen LogP contribution >= 0.6 is 0 Å². The summed E-state index contributed by atoms with van der Waals surface area (Å²) in [4.78, 5) is 27.6. The van der Waals surface area contributed by atoms with Gasteiger partial charge in [-0.15, -0.1) is 0 Å². The Labute approximate surface area is 180 Å². The van der Waals surface area contributed by atoms with E-state index in [1.807, 2.05) is 48.5 Å². The zero-order valence-electron chi connectivity index (χ0n) is 17.3. The quantitative estimate of drug-likeness (QED) is 0.601. The first-order chi connectivity index (χ1) is 15.2. The van der Waals surface area contributed by atoms with Gasteiger partial charge in [0.05, 0.1) is 11.9 Å². The lowest BCUT2D eigenvalue weighted by atomic mass is 9.84. The van der Waals surface area contributed by atoms with Gasteiger partial charge >= 0.3 is 5.97 Å². The van der Waals surface area contributed by atoms with Crippen LogP contribution in [0.4, 0.5) is 0 Å². The number of ether oxygens (including phenoxy) is 1. The molecule has 3 aromatic rings. The van der Waals surface area contributed by atoms with E-state index >= 15 is 0 Å². The molecule has 3 aliphatic heterocycles. The monoisotopic (exact) mass is 418 g/mol. The Bertz CT molecular complexity index is 1090. The van der Waals surface area contributed by atoms with E-state index in [0.717, 1.165) is 54.5 Å². The fourth-order valence-electron chi connectivity index (χ4n) is 4.67. The summed E-state index contributed by atoms with van der Waals surface area (Å²) in [5.41, 5.74) is 2.91. The van der Waals surface area contributed by atoms with Crippen LogP contribution in [0.3, 0.4) is 0 Å². The summed E-state index contributed by atoms with van der Waals surface area (Å²) in [7, 11) is 0. The number of rotatable bonds is 6. The van der Waals surface area contributed by atoms with Crippen molar-refractivity contribution in [2.75, 3.05) is 19.6 Å². The fourth-order valence-corrected chi connectivity index (χ4v) is 4.67. The minimum atomic E-state index is -0.301. The molecular formula is C24H26N4O3. The maximum atomic E-state index is 13.0. The highest BCUT2D eigenvalue weighted by Crippen LogP contribution is 2.28. The molecule has 4 heterocycles. The highest BCUT2D eigenvalue weighted by atomic mass is 16.5. The predicted octanol–water partition coefficient (Wildman–Crippen LogP) is 2.67. The number of esters is 1. The second-order valence-corrected chi connectivity index (χ2v) is 8.49. The molecule has 7 heteroatoms. The molecule has 2 aromatic carbocycles. The van der Waals surface area contributed by atoms with Crippen molar-refractivity contribution in [3.63, 3.8) is 0 Å². The van der Waals surface area contributed by atoms with Gasteiger partial charge < -0.3 is 15.0 Å². The number of hydrogen-bond acceptors (Lipinski definition) is 5. The maximum absolute atomic E-state index is 13.0. The van der Waals surface area contributed by atoms with Crippen LogP contribution in [0, 0.1) is 5.92 Å². The van der Waals surface area contributed by atoms with E-state index in [1.54, 1.807) is 0 Å². The molecule has 2 N–H and O–H groups in total. The first kappa shape index (κ1) is 19.8. The largest absolute Gasteiger partial charge is 0.461 e. The minimum absolute atomic E-state index is 0.147. The van der Waals surface area contributed by atoms with Crippen LogP contribution in [-0.2, 0) is 22.6 Å². The molecule has 3 saturated heterocycles. The Morgan fingerprint density at radius 2 is 1.90 bits per heavy atom. The van der Waals surface area contributed by atoms with Crippen LogP contribution in [0.5, 0.6) is 0 Å². The number of benzene rings is 2. The van der Waals surface area contributed by atoms with Crippen LogP contribution in [0.25, 0.3) is 10.9 Å². The first-order valence-electron chi connectivity index (χ1n) is 10.9. The SMILES string of the molecule is O=C(Cc1ccc2[nH]nc(C(=O)N[C@@H]3CN4CCC3CC4)c2c1)OCc1ccccc1. The van der Waals surface area contributed by atoms with Crippen molar-refractivity contribution in [2.24, 2.45) is 5.92 Å². The molecule has 0 radical (unpaired) electrons. The Balaban J connectivity index is 1.25. The van der Waals surface area contributed by atoms with Gasteiger partial charge in [0.15, 0.2) is 5.69 Å². The third kappa shape index (κ3) is 4.32. The second-order valence-electron chi connectivity index (χ2n) is 8.49. The van der Waals surface area contributed by atoms with E-state index < -0.39 is 0 Å². The average molecular weight is 418 g/mol. The average Bonchev–Trinajstić information content (AvgIpc) is 3.23. The lowest BCUT2D eigenvalue weighted by Crippen LogP contribution is -2.57. The van der Waals surface area contributed by atoms with Gasteiger partial charge in [-0.3, -0.25) is 14.7 Å². The van der Waals surface area contributed by atoms with E-state index in [-0.39, 0.29) is 30.9 Å². The van der Waals surface area contributed by atoms with Crippen LogP contribution in [-0.4, -0.2) is 52.6 Å². The van der Waals surface area contributed by atoms with E-state index in [2.05, 4.69) is 20.4 Å². The smallest absolute Gasteiger partial charge is 0.310 e. The maximum Gasteiger partial charge on any atom is 0.310 e. The van der Waals surface area contributed by atoms with Crippen molar-refractivity contribution in [2.45, 2.75) is 31.9 Å². The van der Waals surface area contributed by atoms with E-state index in [0.29, 0.717) is 11.6 Å². The second kappa shape index (κ2) is 8.51. The lowest BCUT2D eigenvalue weighted by molar-refractivity contribution is -0.144. The van der Waals surface area contributed by atoms with Crippen molar-refractivity contribution >= 4 is 22.8 Å². The third-order valence-electron chi connectivity index (χ3n) is 6.41. The number of aromatic nitrogens is 2. The summed E-state index contributed by atoms with van der Waals surface area (Å²) >= 11 is 0. The van der Waals surface area contributed by atoms with E-state index in [4.69, 9.17) is 4.74 Å². The molecule has 31 heavy (non-hydrogen) atoms. The highest BCUT2D eigenvalue weighted by Gasteiger charge is 2.35. The van der Waals surface area contributed by atoms with E-state index in [1.165, 1.54) is 0 Å². The molecule has 160 valence electrons. The molecule has 2 bridgehead atoms. The number of carbonyl (C=O) groups excluding carboxylic acids is 2. The van der Waals surface area contributed by atoms with Crippen molar-refractivity contribution in [3.05, 3.63) is 65.4 Å². The Kier molecular flexibility index (Phi) is 5.42. The summed E-state index contributed by atoms with van der Waals surface area (Å²) in [6, 6.07) is 15.3. The van der Waals surface area contributed by atoms with Crippen LogP contribution in [0.15, 0.2) is 48.5 Å². The number of nitrogens with zero attached hydrogens (tertiary/aromatic N) is 2. The Morgan fingerprint density at radius 3 is 2.65 bits per heavy atom. The van der Waals surface area contributed by atoms with E-state index in [9.17, 15) is 9.59 Å². The number of carbonyl (C=O) groups is 2. The zero-order valence-corrected chi connectivity index (χ0v) is 17.3. The van der Waals surface area contributed by atoms with Gasteiger partial charge in [0, 0.05) is 18.0 Å². The number of fused-ring (bicyclic) bond motifs is 4. The molecule has 3 fully saturated rings. The number of hydrogen-bond donors (Lipinski definition) is 2. The molecule has 1 atom stereocenters. The highest BCUT2D eigenvalue weighted by molar-refractivity contribution is 6.05. The van der Waals surface area contributed by atoms with Gasteiger partial charge in [0.1, 0.15) is 6.61 Å². The van der Waals surface area contributed by atoms with Crippen LogP contribution in [0.1, 0.15) is 34.5 Å². The third-order valence-corrected chi connectivity index (χ3v) is 6.41. The summed E-state index contributed by atoms with van der Waals surface area (Å²) in [5, 5.41) is 11.1. The summed E-state index contributed by atoms with van der Waals surface area (Å²) in [6.45, 7) is 3.43. The van der Waals surface area contributed by atoms with Crippen molar-refractivity contribution in [1.29, 1.82) is 0 Å². The molecule has 0 saturated carbocycles. The minimum Gasteiger partial charge on any atom is -0.461 e. The van der Waals surface area contributed by atoms with Gasteiger partial charge in [-0.2, -0.15) is 5.10 Å². The lowest BCUT2D eigenvalue weighted by Gasteiger charge is -2.44. The zero-order chi connectivity index (χ0) is 21.2. The number of amides is 1. The summed E-state index contributed by atoms with van der Waals surface area (Å²) in [5.74, 6) is 0.0906. The summed E-state index contributed by atoms with van der Waals surface area (Å²) < 4.78 is 5.39. The van der Waals surface area contributed by atoms with Crippen molar-refractivity contribution in [1.82, 2.24) is 20.4 Å².